The average molecular weight is 459 g/mol. The topological polar surface area (TPSA) is 93.5 Å². The number of pyridine rings is 1. The fraction of sp³-hybridized carbons (Fsp3) is 0.273. The largest absolute Gasteiger partial charge is 0.379 e. The van der Waals surface area contributed by atoms with Crippen LogP contribution in [0.15, 0.2) is 53.7 Å². The number of benzene rings is 1. The number of carbonyl (C=O) groups is 1. The number of nitrogens with one attached hydrogen (secondary N) is 1. The number of nitrogens with zero attached hydrogens (tertiary/aromatic N) is 3. The number of hydrogen-bond donors (Lipinski definition) is 1. The van der Waals surface area contributed by atoms with Crippen molar-refractivity contribution in [1.29, 1.82) is 0 Å². The van der Waals surface area contributed by atoms with Crippen LogP contribution in [0.3, 0.4) is 0 Å². The fourth-order valence-corrected chi connectivity index (χ4v) is 5.28. The molecule has 1 aromatic carbocycles. The second-order valence-corrected chi connectivity index (χ2v) is 9.35. The van der Waals surface area contributed by atoms with Crippen molar-refractivity contribution in [3.8, 4) is 5.69 Å². The number of rotatable bonds is 5. The van der Waals surface area contributed by atoms with E-state index in [1.807, 2.05) is 30.5 Å². The van der Waals surface area contributed by atoms with Crippen molar-refractivity contribution in [3.63, 3.8) is 0 Å². The van der Waals surface area contributed by atoms with Crippen LogP contribution in [0.1, 0.15) is 21.7 Å². The summed E-state index contributed by atoms with van der Waals surface area (Å²) in [6.07, 6.45) is 3.37. The highest BCUT2D eigenvalue weighted by Gasteiger charge is 2.29. The van der Waals surface area contributed by atoms with Gasteiger partial charge in [-0.1, -0.05) is 0 Å². The first-order chi connectivity index (χ1) is 15.3. The van der Waals surface area contributed by atoms with Crippen LogP contribution in [-0.4, -0.2) is 54.5 Å². The van der Waals surface area contributed by atoms with Gasteiger partial charge in [0, 0.05) is 36.4 Å². The number of carbonyl (C=O) groups excluding carboxylic acids is 1. The number of ether oxygens (including phenoxy) is 1. The number of aromatic nitrogens is 2. The van der Waals surface area contributed by atoms with Crippen molar-refractivity contribution in [3.05, 3.63) is 71.6 Å². The molecule has 0 saturated carbocycles. The van der Waals surface area contributed by atoms with Gasteiger partial charge in [0.15, 0.2) is 0 Å². The molecule has 1 saturated heterocycles. The van der Waals surface area contributed by atoms with Gasteiger partial charge in [-0.25, -0.2) is 12.8 Å². The molecule has 3 heterocycles. The van der Waals surface area contributed by atoms with E-state index in [9.17, 15) is 17.6 Å². The van der Waals surface area contributed by atoms with E-state index in [4.69, 9.17) is 4.74 Å². The minimum Gasteiger partial charge on any atom is -0.379 e. The van der Waals surface area contributed by atoms with E-state index in [1.54, 1.807) is 18.5 Å². The Kier molecular flexibility index (Phi) is 6.09. The maximum Gasteiger partial charge on any atom is 0.257 e. The van der Waals surface area contributed by atoms with Gasteiger partial charge in [-0.15, -0.1) is 0 Å². The standard InChI is InChI=1S/C22H23FN4O4S/c1-15-12-19(16(2)27(15)18-4-3-7-24-14-18)22(28)25-17-5-6-20(23)21(13-17)32(29,30)26-8-10-31-11-9-26/h3-7,12-14H,8-11H2,1-2H3,(H,25,28). The first kappa shape index (κ1) is 22.1. The number of morpholine rings is 1. The minimum atomic E-state index is -4.05. The lowest BCUT2D eigenvalue weighted by Crippen LogP contribution is -2.40. The van der Waals surface area contributed by atoms with Crippen LogP contribution in [0.25, 0.3) is 5.69 Å². The van der Waals surface area contributed by atoms with E-state index in [0.717, 1.165) is 23.5 Å². The van der Waals surface area contributed by atoms with Crippen molar-refractivity contribution in [2.75, 3.05) is 31.6 Å². The van der Waals surface area contributed by atoms with Crippen LogP contribution in [0.2, 0.25) is 0 Å². The molecule has 2 aromatic heterocycles. The Bertz CT molecular complexity index is 1250. The number of amides is 1. The Morgan fingerprint density at radius 2 is 1.91 bits per heavy atom. The molecule has 1 aliphatic rings. The molecule has 1 aliphatic heterocycles. The van der Waals surface area contributed by atoms with Crippen molar-refractivity contribution < 1.29 is 22.3 Å². The van der Waals surface area contributed by atoms with Crippen LogP contribution in [0, 0.1) is 19.7 Å². The zero-order chi connectivity index (χ0) is 22.9. The molecule has 0 spiro atoms. The zero-order valence-corrected chi connectivity index (χ0v) is 18.5. The van der Waals surface area contributed by atoms with Gasteiger partial charge in [0.1, 0.15) is 10.7 Å². The number of halogens is 1. The molecule has 1 N–H and O–H groups in total. The smallest absolute Gasteiger partial charge is 0.257 e. The summed E-state index contributed by atoms with van der Waals surface area (Å²) in [6, 6.07) is 8.97. The highest BCUT2D eigenvalue weighted by molar-refractivity contribution is 7.89. The first-order valence-electron chi connectivity index (χ1n) is 10.1. The Morgan fingerprint density at radius 3 is 2.59 bits per heavy atom. The van der Waals surface area contributed by atoms with Gasteiger partial charge in [-0.05, 0) is 50.2 Å². The van der Waals surface area contributed by atoms with Crippen LogP contribution in [-0.2, 0) is 14.8 Å². The summed E-state index contributed by atoms with van der Waals surface area (Å²) >= 11 is 0. The van der Waals surface area contributed by atoms with Gasteiger partial charge in [-0.2, -0.15) is 4.31 Å². The molecule has 0 bridgehead atoms. The second kappa shape index (κ2) is 8.81. The molecule has 8 nitrogen and oxygen atoms in total. The molecule has 0 unspecified atom stereocenters. The van der Waals surface area contributed by atoms with Crippen molar-refractivity contribution >= 4 is 21.6 Å². The lowest BCUT2D eigenvalue weighted by molar-refractivity contribution is 0.0729. The molecule has 0 aliphatic carbocycles. The normalized spacial score (nSPS) is 15.0. The molecular weight excluding hydrogens is 435 g/mol. The molecule has 10 heteroatoms. The summed E-state index contributed by atoms with van der Waals surface area (Å²) in [7, 11) is -4.05. The molecule has 168 valence electrons. The first-order valence-corrected chi connectivity index (χ1v) is 11.5. The zero-order valence-electron chi connectivity index (χ0n) is 17.7. The molecule has 3 aromatic rings. The van der Waals surface area contributed by atoms with Gasteiger partial charge in [0.2, 0.25) is 10.0 Å². The Hall–Kier alpha value is -3.08. The molecule has 32 heavy (non-hydrogen) atoms. The molecule has 1 amide bonds. The van der Waals surface area contributed by atoms with Crippen molar-refractivity contribution in [2.24, 2.45) is 0 Å². The van der Waals surface area contributed by atoms with Crippen LogP contribution in [0.4, 0.5) is 10.1 Å². The van der Waals surface area contributed by atoms with Crippen molar-refractivity contribution in [1.82, 2.24) is 13.9 Å². The van der Waals surface area contributed by atoms with E-state index >= 15 is 0 Å². The second-order valence-electron chi connectivity index (χ2n) is 7.45. The lowest BCUT2D eigenvalue weighted by atomic mass is 10.2. The van der Waals surface area contributed by atoms with Crippen LogP contribution < -0.4 is 5.32 Å². The van der Waals surface area contributed by atoms with Gasteiger partial charge >= 0.3 is 0 Å². The highest BCUT2D eigenvalue weighted by Crippen LogP contribution is 2.25. The van der Waals surface area contributed by atoms with Gasteiger partial charge in [0.05, 0.1) is 30.7 Å². The fourth-order valence-electron chi connectivity index (χ4n) is 3.78. The van der Waals surface area contributed by atoms with E-state index in [-0.39, 0.29) is 32.0 Å². The summed E-state index contributed by atoms with van der Waals surface area (Å²) in [5.41, 5.74) is 2.98. The van der Waals surface area contributed by atoms with Gasteiger partial charge < -0.3 is 14.6 Å². The van der Waals surface area contributed by atoms with E-state index in [0.29, 0.717) is 11.3 Å². The maximum absolute atomic E-state index is 14.4. The number of sulfonamides is 1. The van der Waals surface area contributed by atoms with Gasteiger partial charge in [0.25, 0.3) is 5.91 Å². The maximum atomic E-state index is 14.4. The number of aryl methyl sites for hydroxylation is 1. The SMILES string of the molecule is Cc1cc(C(=O)Nc2ccc(F)c(S(=O)(=O)N3CCOCC3)c2)c(C)n1-c1cccnc1. The Morgan fingerprint density at radius 1 is 1.16 bits per heavy atom. The predicted octanol–water partition coefficient (Wildman–Crippen LogP) is 2.90. The lowest BCUT2D eigenvalue weighted by Gasteiger charge is -2.26. The predicted molar refractivity (Wildman–Crippen MR) is 117 cm³/mol. The van der Waals surface area contributed by atoms with E-state index in [1.165, 1.54) is 10.4 Å². The van der Waals surface area contributed by atoms with Crippen LogP contribution in [0.5, 0.6) is 0 Å². The minimum absolute atomic E-state index is 0.151. The van der Waals surface area contributed by atoms with E-state index in [2.05, 4.69) is 10.3 Å². The third kappa shape index (κ3) is 4.16. The summed E-state index contributed by atoms with van der Waals surface area (Å²) in [4.78, 5) is 16.6. The molecule has 0 atom stereocenters. The molecule has 1 fully saturated rings. The summed E-state index contributed by atoms with van der Waals surface area (Å²) in [5, 5.41) is 2.69. The third-order valence-corrected chi connectivity index (χ3v) is 7.27. The molecule has 0 radical (unpaired) electrons. The summed E-state index contributed by atoms with van der Waals surface area (Å²) < 4.78 is 48.5. The quantitative estimate of drug-likeness (QED) is 0.635. The molecular formula is C22H23FN4O4S. The average Bonchev–Trinajstić information content (AvgIpc) is 3.10. The number of anilines is 1. The van der Waals surface area contributed by atoms with Gasteiger partial charge in [-0.3, -0.25) is 9.78 Å². The summed E-state index contributed by atoms with van der Waals surface area (Å²) in [6.45, 7) is 4.50. The third-order valence-electron chi connectivity index (χ3n) is 5.36. The number of hydrogen-bond acceptors (Lipinski definition) is 5. The van der Waals surface area contributed by atoms with Crippen LogP contribution >= 0.6 is 0 Å². The summed E-state index contributed by atoms with van der Waals surface area (Å²) in [5.74, 6) is -1.29. The monoisotopic (exact) mass is 458 g/mol. The van der Waals surface area contributed by atoms with Crippen molar-refractivity contribution in [2.45, 2.75) is 18.7 Å². The van der Waals surface area contributed by atoms with E-state index < -0.39 is 26.6 Å². The highest BCUT2D eigenvalue weighted by atomic mass is 32.2. The molecule has 4 rings (SSSR count). The Balaban J connectivity index is 1.62. The Labute approximate surface area is 185 Å².